The maximum Gasteiger partial charge on any atom is 0.360 e. The Morgan fingerprint density at radius 3 is 2.26 bits per heavy atom. The van der Waals surface area contributed by atoms with Crippen LogP contribution in [0.15, 0.2) is 29.1 Å². The smallest absolute Gasteiger partial charge is 0.360 e. The van der Waals surface area contributed by atoms with Gasteiger partial charge in [0.05, 0.1) is 11.0 Å². The van der Waals surface area contributed by atoms with Crippen molar-refractivity contribution in [2.45, 2.75) is 108 Å². The molecule has 2 aromatic rings. The van der Waals surface area contributed by atoms with Gasteiger partial charge in [0.25, 0.3) is 5.56 Å². The van der Waals surface area contributed by atoms with Gasteiger partial charge in [-0.1, -0.05) is 32.4 Å². The summed E-state index contributed by atoms with van der Waals surface area (Å²) in [5.74, 6) is -0.369. The number of nitrogens with zero attached hydrogens (tertiary/aromatic N) is 3. The van der Waals surface area contributed by atoms with E-state index in [2.05, 4.69) is 23.7 Å². The molecular formula is C29H37N3O3. The SMILES string of the molecule is CC12CC3CC(C)(C1)CC(N1[C@@H]4CCC[C@H]1C[C@@H](n1c(=O)c(C(=O)O)nc5ccccc51)C4)(C3)C2. The zero-order chi connectivity index (χ0) is 24.2. The third-order valence-electron chi connectivity index (χ3n) is 10.5. The molecule has 1 aromatic carbocycles. The largest absolute Gasteiger partial charge is 0.476 e. The molecule has 2 unspecified atom stereocenters. The van der Waals surface area contributed by atoms with Crippen LogP contribution < -0.4 is 5.56 Å². The van der Waals surface area contributed by atoms with Crippen LogP contribution in [0.3, 0.4) is 0 Å². The van der Waals surface area contributed by atoms with Crippen LogP contribution in [0, 0.1) is 16.7 Å². The number of rotatable bonds is 3. The van der Waals surface area contributed by atoms with Crippen molar-refractivity contribution in [3.8, 4) is 0 Å². The van der Waals surface area contributed by atoms with Gasteiger partial charge in [-0.3, -0.25) is 9.69 Å². The molecule has 5 atom stereocenters. The highest BCUT2D eigenvalue weighted by Crippen LogP contribution is 2.69. The van der Waals surface area contributed by atoms with E-state index in [-0.39, 0.29) is 11.7 Å². The van der Waals surface area contributed by atoms with Gasteiger partial charge in [0.15, 0.2) is 0 Å². The third-order valence-corrected chi connectivity index (χ3v) is 10.5. The van der Waals surface area contributed by atoms with Crippen LogP contribution >= 0.6 is 0 Å². The first kappa shape index (κ1) is 22.0. The van der Waals surface area contributed by atoms with Crippen LogP contribution in [0.5, 0.6) is 0 Å². The van der Waals surface area contributed by atoms with Crippen LogP contribution in [0.25, 0.3) is 11.0 Å². The number of carbonyl (C=O) groups is 1. The molecule has 35 heavy (non-hydrogen) atoms. The summed E-state index contributed by atoms with van der Waals surface area (Å²) in [7, 11) is 0. The van der Waals surface area contributed by atoms with Crippen molar-refractivity contribution >= 4 is 17.0 Å². The molecule has 6 fully saturated rings. The standard InChI is InChI=1S/C29H37N3O3/c1-27-12-18-13-28(2,15-27)17-29(14-18,16-27)32-19-6-5-7-20(32)11-21(10-19)31-23-9-4-3-8-22(23)30-24(25(31)33)26(34)35/h3-4,8-9,18-21H,5-7,10-17H2,1-2H3,(H,34,35)/t18?,19-,20+,21+,27?,28?,29?. The van der Waals surface area contributed by atoms with Gasteiger partial charge in [-0.25, -0.2) is 9.78 Å². The number of fused-ring (bicyclic) bond motifs is 3. The van der Waals surface area contributed by atoms with Crippen LogP contribution in [0.2, 0.25) is 0 Å². The second kappa shape index (κ2) is 7.18. The molecule has 1 aromatic heterocycles. The molecule has 3 heterocycles. The molecule has 4 saturated carbocycles. The highest BCUT2D eigenvalue weighted by Gasteiger charge is 2.64. The van der Waals surface area contributed by atoms with Gasteiger partial charge in [0.1, 0.15) is 0 Å². The number of carboxylic acids is 1. The fourth-order valence-corrected chi connectivity index (χ4v) is 10.7. The molecule has 4 aliphatic carbocycles. The fraction of sp³-hybridized carbons (Fsp3) is 0.690. The number of aromatic nitrogens is 2. The minimum atomic E-state index is -1.23. The second-order valence-electron chi connectivity index (χ2n) is 13.6. The van der Waals surface area contributed by atoms with Crippen LogP contribution in [-0.2, 0) is 0 Å². The van der Waals surface area contributed by atoms with Gasteiger partial charge in [0, 0.05) is 23.7 Å². The number of hydrogen-bond donors (Lipinski definition) is 1. The Morgan fingerprint density at radius 2 is 1.63 bits per heavy atom. The molecule has 6 bridgehead atoms. The first-order valence-electron chi connectivity index (χ1n) is 13.7. The number of aromatic carboxylic acids is 1. The van der Waals surface area contributed by atoms with Crippen molar-refractivity contribution in [2.24, 2.45) is 16.7 Å². The Labute approximate surface area is 206 Å². The van der Waals surface area contributed by atoms with Crippen molar-refractivity contribution in [3.05, 3.63) is 40.3 Å². The summed E-state index contributed by atoms with van der Waals surface area (Å²) in [4.78, 5) is 32.5. The van der Waals surface area contributed by atoms with Crippen molar-refractivity contribution < 1.29 is 9.90 Å². The van der Waals surface area contributed by atoms with E-state index in [4.69, 9.17) is 0 Å². The Kier molecular flexibility index (Phi) is 4.52. The fourth-order valence-electron chi connectivity index (χ4n) is 10.7. The number of piperidine rings is 2. The van der Waals surface area contributed by atoms with Gasteiger partial charge in [-0.15, -0.1) is 0 Å². The first-order chi connectivity index (χ1) is 16.7. The topological polar surface area (TPSA) is 75.4 Å². The Balaban J connectivity index is 1.29. The van der Waals surface area contributed by atoms with Crippen LogP contribution in [-0.4, -0.2) is 43.1 Å². The van der Waals surface area contributed by atoms with E-state index >= 15 is 0 Å². The first-order valence-corrected chi connectivity index (χ1v) is 13.7. The average molecular weight is 476 g/mol. The monoisotopic (exact) mass is 475 g/mol. The molecule has 0 spiro atoms. The molecule has 0 amide bonds. The highest BCUT2D eigenvalue weighted by molar-refractivity contribution is 5.88. The molecule has 2 saturated heterocycles. The summed E-state index contributed by atoms with van der Waals surface area (Å²) < 4.78 is 1.80. The van der Waals surface area contributed by atoms with Crippen LogP contribution in [0.1, 0.15) is 101 Å². The summed E-state index contributed by atoms with van der Waals surface area (Å²) >= 11 is 0. The van der Waals surface area contributed by atoms with Gasteiger partial charge in [-0.2, -0.15) is 0 Å². The lowest BCUT2D eigenvalue weighted by molar-refractivity contribution is -0.198. The van der Waals surface area contributed by atoms with E-state index in [9.17, 15) is 14.7 Å². The van der Waals surface area contributed by atoms with Crippen LogP contribution in [0.4, 0.5) is 0 Å². The normalized spacial score (nSPS) is 42.5. The Morgan fingerprint density at radius 1 is 0.971 bits per heavy atom. The number of carboxylic acid groups (broad SMARTS) is 1. The predicted molar refractivity (Wildman–Crippen MR) is 135 cm³/mol. The zero-order valence-electron chi connectivity index (χ0n) is 21.0. The Hall–Kier alpha value is -2.21. The summed E-state index contributed by atoms with van der Waals surface area (Å²) in [5.41, 5.74) is 1.86. The van der Waals surface area contributed by atoms with Gasteiger partial charge < -0.3 is 9.67 Å². The lowest BCUT2D eigenvalue weighted by atomic mass is 9.42. The van der Waals surface area contributed by atoms with Gasteiger partial charge in [-0.05, 0) is 93.1 Å². The predicted octanol–water partition coefficient (Wildman–Crippen LogP) is 5.40. The average Bonchev–Trinajstić information content (AvgIpc) is 2.75. The molecule has 6 aliphatic rings. The van der Waals surface area contributed by atoms with E-state index in [1.54, 1.807) is 4.57 Å². The third kappa shape index (κ3) is 3.21. The number of benzene rings is 1. The van der Waals surface area contributed by atoms with Crippen molar-refractivity contribution in [2.75, 3.05) is 0 Å². The second-order valence-corrected chi connectivity index (χ2v) is 13.6. The quantitative estimate of drug-likeness (QED) is 0.643. The minimum Gasteiger partial charge on any atom is -0.476 e. The van der Waals surface area contributed by atoms with E-state index in [0.717, 1.165) is 24.3 Å². The summed E-state index contributed by atoms with van der Waals surface area (Å²) in [6, 6.07) is 8.52. The lowest BCUT2D eigenvalue weighted by Gasteiger charge is -2.71. The molecule has 186 valence electrons. The number of para-hydroxylation sites is 2. The summed E-state index contributed by atoms with van der Waals surface area (Å²) in [6.07, 6.45) is 13.8. The van der Waals surface area contributed by atoms with E-state index in [1.165, 1.54) is 57.8 Å². The van der Waals surface area contributed by atoms with Gasteiger partial charge in [0.2, 0.25) is 5.69 Å². The van der Waals surface area contributed by atoms with E-state index < -0.39 is 11.5 Å². The molecule has 6 heteroatoms. The number of hydrogen-bond acceptors (Lipinski definition) is 4. The zero-order valence-corrected chi connectivity index (χ0v) is 21.0. The Bertz CT molecular complexity index is 1250. The van der Waals surface area contributed by atoms with Crippen molar-refractivity contribution in [1.29, 1.82) is 0 Å². The molecule has 1 N–H and O–H groups in total. The molecule has 8 rings (SSSR count). The molecular weight excluding hydrogens is 438 g/mol. The lowest BCUT2D eigenvalue weighted by Crippen LogP contribution is -2.71. The highest BCUT2D eigenvalue weighted by atomic mass is 16.4. The maximum absolute atomic E-state index is 13.4. The van der Waals surface area contributed by atoms with Gasteiger partial charge >= 0.3 is 5.97 Å². The molecule has 0 radical (unpaired) electrons. The maximum atomic E-state index is 13.4. The molecule has 2 aliphatic heterocycles. The van der Waals surface area contributed by atoms with E-state index in [0.29, 0.717) is 34.0 Å². The van der Waals surface area contributed by atoms with Crippen molar-refractivity contribution in [1.82, 2.24) is 14.5 Å². The summed E-state index contributed by atoms with van der Waals surface area (Å²) in [5, 5.41) is 9.71. The van der Waals surface area contributed by atoms with Crippen molar-refractivity contribution in [3.63, 3.8) is 0 Å². The molecule has 6 nitrogen and oxygen atoms in total. The summed E-state index contributed by atoms with van der Waals surface area (Å²) in [6.45, 7) is 5.12. The minimum absolute atomic E-state index is 0.0279. The van der Waals surface area contributed by atoms with E-state index in [1.807, 2.05) is 24.3 Å².